The number of halogens is 1. The monoisotopic (exact) mass is 360 g/mol. The van der Waals surface area contributed by atoms with Crippen molar-refractivity contribution >= 4 is 32.8 Å². The van der Waals surface area contributed by atoms with Crippen LogP contribution in [0.25, 0.3) is 11.2 Å². The van der Waals surface area contributed by atoms with Crippen molar-refractivity contribution in [1.82, 2.24) is 18.8 Å². The van der Waals surface area contributed by atoms with E-state index in [9.17, 15) is 13.5 Å². The van der Waals surface area contributed by atoms with E-state index in [-0.39, 0.29) is 12.6 Å². The van der Waals surface area contributed by atoms with Crippen molar-refractivity contribution in [3.63, 3.8) is 0 Å². The fraction of sp³-hybridized carbons (Fsp3) is 0.571. The fourth-order valence-corrected chi connectivity index (χ4v) is 2.91. The lowest BCUT2D eigenvalue weighted by atomic mass is 10.2. The van der Waals surface area contributed by atoms with Gasteiger partial charge in [-0.15, -0.1) is 0 Å². The summed E-state index contributed by atoms with van der Waals surface area (Å²) in [6.07, 6.45) is 5.51. The van der Waals surface area contributed by atoms with Crippen LogP contribution >= 0.6 is 11.6 Å². The lowest BCUT2D eigenvalue weighted by Gasteiger charge is -2.16. The van der Waals surface area contributed by atoms with E-state index in [4.69, 9.17) is 11.6 Å². The summed E-state index contributed by atoms with van der Waals surface area (Å²) < 4.78 is 26.2. The molecule has 2 heterocycles. The number of nitrogens with zero attached hydrogens (tertiary/aromatic N) is 4. The Morgan fingerprint density at radius 1 is 1.39 bits per heavy atom. The highest BCUT2D eigenvalue weighted by Gasteiger charge is 2.21. The summed E-state index contributed by atoms with van der Waals surface area (Å²) >= 11 is 6.23. The van der Waals surface area contributed by atoms with Gasteiger partial charge in [0.15, 0.2) is 5.65 Å². The molecule has 0 amide bonds. The molecule has 0 saturated heterocycles. The quantitative estimate of drug-likeness (QED) is 0.766. The second-order valence-corrected chi connectivity index (χ2v) is 8.04. The van der Waals surface area contributed by atoms with Gasteiger partial charge < -0.3 is 5.11 Å². The number of fused-ring (bicyclic) bond motifs is 1. The van der Waals surface area contributed by atoms with Crippen molar-refractivity contribution in [3.05, 3.63) is 16.8 Å². The lowest BCUT2D eigenvalue weighted by Crippen LogP contribution is -2.25. The molecule has 0 aliphatic heterocycles. The molecule has 9 heteroatoms. The van der Waals surface area contributed by atoms with Crippen LogP contribution < -0.4 is 0 Å². The van der Waals surface area contributed by atoms with Gasteiger partial charge in [-0.25, -0.2) is 17.7 Å². The summed E-state index contributed by atoms with van der Waals surface area (Å²) in [5.74, 6) is 0. The number of imidazole rings is 1. The van der Waals surface area contributed by atoms with E-state index in [0.29, 0.717) is 28.3 Å². The van der Waals surface area contributed by atoms with Crippen LogP contribution in [0, 0.1) is 0 Å². The highest BCUT2D eigenvalue weighted by atomic mass is 35.5. The van der Waals surface area contributed by atoms with E-state index < -0.39 is 10.0 Å². The molecule has 1 N–H and O–H groups in total. The van der Waals surface area contributed by atoms with E-state index in [1.165, 1.54) is 17.5 Å². The number of aryl methyl sites for hydroxylation is 1. The largest absolute Gasteiger partial charge is 0.480 e. The highest BCUT2D eigenvalue weighted by molar-refractivity contribution is 7.88. The second kappa shape index (κ2) is 7.02. The average molecular weight is 361 g/mol. The zero-order valence-corrected chi connectivity index (χ0v) is 15.0. The van der Waals surface area contributed by atoms with Crippen LogP contribution in [-0.2, 0) is 23.1 Å². The van der Waals surface area contributed by atoms with Gasteiger partial charge >= 0.3 is 0 Å². The van der Waals surface area contributed by atoms with Crippen molar-refractivity contribution in [3.8, 4) is 6.01 Å². The third-order valence-corrected chi connectivity index (χ3v) is 5.32. The first-order chi connectivity index (χ1) is 10.8. The van der Waals surface area contributed by atoms with Gasteiger partial charge in [0.2, 0.25) is 10.0 Å². The Labute approximate surface area is 141 Å². The molecule has 2 aromatic rings. The predicted octanol–water partition coefficient (Wildman–Crippen LogP) is 2.37. The van der Waals surface area contributed by atoms with Crippen molar-refractivity contribution in [1.29, 1.82) is 0 Å². The van der Waals surface area contributed by atoms with E-state index in [0.717, 1.165) is 25.5 Å². The number of rotatable bonds is 7. The number of pyridine rings is 1. The van der Waals surface area contributed by atoms with Crippen LogP contribution in [0.5, 0.6) is 6.01 Å². The van der Waals surface area contributed by atoms with Gasteiger partial charge in [-0.2, -0.15) is 4.98 Å². The number of aromatic hydroxyl groups is 1. The van der Waals surface area contributed by atoms with E-state index >= 15 is 0 Å². The van der Waals surface area contributed by atoms with Crippen LogP contribution in [-0.4, -0.2) is 45.7 Å². The topological polar surface area (TPSA) is 88.3 Å². The Morgan fingerprint density at radius 2 is 2.09 bits per heavy atom. The zero-order valence-electron chi connectivity index (χ0n) is 13.5. The first kappa shape index (κ1) is 18.0. The third kappa shape index (κ3) is 3.94. The molecule has 0 unspecified atom stereocenters. The summed E-state index contributed by atoms with van der Waals surface area (Å²) in [6.45, 7) is 2.76. The van der Waals surface area contributed by atoms with Crippen LogP contribution in [0.2, 0.25) is 5.02 Å². The summed E-state index contributed by atoms with van der Waals surface area (Å²) in [5, 5.41) is 10.4. The number of hydrogen-bond donors (Lipinski definition) is 1. The summed E-state index contributed by atoms with van der Waals surface area (Å²) in [4.78, 5) is 8.17. The van der Waals surface area contributed by atoms with Gasteiger partial charge in [-0.05, 0) is 6.42 Å². The average Bonchev–Trinajstić information content (AvgIpc) is 2.78. The van der Waals surface area contributed by atoms with Gasteiger partial charge in [0.25, 0.3) is 6.01 Å². The van der Waals surface area contributed by atoms with E-state index in [2.05, 4.69) is 16.9 Å². The minimum absolute atomic E-state index is 0.0929. The maximum atomic E-state index is 11.7. The SMILES string of the molecule is CCCCCn1c(O)nc2ncc(Cl)c(CN(C)S(C)(=O)=O)c21. The molecule has 0 saturated carbocycles. The molecule has 7 nitrogen and oxygen atoms in total. The molecular formula is C14H21ClN4O3S. The number of unbranched alkanes of at least 4 members (excludes halogenated alkanes) is 2. The molecule has 23 heavy (non-hydrogen) atoms. The van der Waals surface area contributed by atoms with Gasteiger partial charge in [-0.3, -0.25) is 4.57 Å². The van der Waals surface area contributed by atoms with Gasteiger partial charge in [0, 0.05) is 31.9 Å². The molecule has 0 aliphatic rings. The molecule has 2 aromatic heterocycles. The smallest absolute Gasteiger partial charge is 0.296 e. The van der Waals surface area contributed by atoms with Crippen molar-refractivity contribution in [2.75, 3.05) is 13.3 Å². The van der Waals surface area contributed by atoms with E-state index in [1.807, 2.05) is 0 Å². The first-order valence-electron chi connectivity index (χ1n) is 7.39. The van der Waals surface area contributed by atoms with Crippen LogP contribution in [0.15, 0.2) is 6.20 Å². The molecule has 2 rings (SSSR count). The second-order valence-electron chi connectivity index (χ2n) is 5.55. The fourth-order valence-electron chi connectivity index (χ4n) is 2.35. The maximum absolute atomic E-state index is 11.7. The Morgan fingerprint density at radius 3 is 2.70 bits per heavy atom. The lowest BCUT2D eigenvalue weighted by molar-refractivity contribution is 0.397. The molecule has 0 fully saturated rings. The third-order valence-electron chi connectivity index (χ3n) is 3.74. The standard InChI is InChI=1S/C14H21ClN4O3S/c1-4-5-6-7-19-12-10(9-18(2)23(3,21)22)11(15)8-16-13(12)17-14(19)20/h8H,4-7,9H2,1-3H3,(H,16,17,20). The molecule has 0 atom stereocenters. The molecular weight excluding hydrogens is 340 g/mol. The van der Waals surface area contributed by atoms with Crippen LogP contribution in [0.3, 0.4) is 0 Å². The molecule has 0 spiro atoms. The van der Waals surface area contributed by atoms with Crippen molar-refractivity contribution in [2.45, 2.75) is 39.3 Å². The molecule has 0 radical (unpaired) electrons. The summed E-state index contributed by atoms with van der Waals surface area (Å²) in [7, 11) is -1.87. The maximum Gasteiger partial charge on any atom is 0.296 e. The predicted molar refractivity (Wildman–Crippen MR) is 90.0 cm³/mol. The first-order valence-corrected chi connectivity index (χ1v) is 9.62. The molecule has 128 valence electrons. The molecule has 0 aliphatic carbocycles. The Bertz CT molecular complexity index is 804. The Hall–Kier alpha value is -1.38. The van der Waals surface area contributed by atoms with Crippen molar-refractivity contribution in [2.24, 2.45) is 0 Å². The summed E-state index contributed by atoms with van der Waals surface area (Å²) in [5.41, 5.74) is 1.54. The minimum atomic E-state index is -3.35. The minimum Gasteiger partial charge on any atom is -0.480 e. The van der Waals surface area contributed by atoms with Gasteiger partial charge in [0.1, 0.15) is 0 Å². The zero-order chi connectivity index (χ0) is 17.2. The summed E-state index contributed by atoms with van der Waals surface area (Å²) in [6, 6.07) is -0.130. The van der Waals surface area contributed by atoms with Gasteiger partial charge in [0.05, 0.1) is 16.8 Å². The number of hydrogen-bond acceptors (Lipinski definition) is 5. The molecule has 0 bridgehead atoms. The Kier molecular flexibility index (Phi) is 5.49. The van der Waals surface area contributed by atoms with Crippen LogP contribution in [0.1, 0.15) is 31.7 Å². The highest BCUT2D eigenvalue weighted by Crippen LogP contribution is 2.29. The number of aromatic nitrogens is 3. The van der Waals surface area contributed by atoms with E-state index in [1.54, 1.807) is 4.57 Å². The Balaban J connectivity index is 2.51. The van der Waals surface area contributed by atoms with Crippen molar-refractivity contribution < 1.29 is 13.5 Å². The van der Waals surface area contributed by atoms with Crippen LogP contribution in [0.4, 0.5) is 0 Å². The number of sulfonamides is 1. The normalized spacial score (nSPS) is 12.4. The van der Waals surface area contributed by atoms with Gasteiger partial charge in [-0.1, -0.05) is 31.4 Å². The molecule has 0 aromatic carbocycles.